The molecule has 118 valence electrons. The molecule has 0 aromatic heterocycles. The number of hydrogen-bond donors (Lipinski definition) is 1. The molecule has 0 spiro atoms. The van der Waals surface area contributed by atoms with Crippen molar-refractivity contribution in [2.24, 2.45) is 0 Å². The second-order valence-corrected chi connectivity index (χ2v) is 5.10. The van der Waals surface area contributed by atoms with Crippen LogP contribution in [0.4, 0.5) is 0 Å². The van der Waals surface area contributed by atoms with Crippen LogP contribution >= 0.6 is 12.4 Å². The molecule has 2 aromatic rings. The summed E-state index contributed by atoms with van der Waals surface area (Å²) >= 11 is 0. The lowest BCUT2D eigenvalue weighted by Crippen LogP contribution is -2.36. The molecule has 0 aliphatic heterocycles. The molecule has 0 bridgehead atoms. The fraction of sp³-hybridized carbons (Fsp3) is 0.294. The minimum absolute atomic E-state index is 0. The lowest BCUT2D eigenvalue weighted by molar-refractivity contribution is -0.523. The molecule has 1 N–H and O–H groups in total. The van der Waals surface area contributed by atoms with E-state index >= 15 is 0 Å². The molecular weight excluding hydrogens is 300 g/mol. The molecule has 0 heterocycles. The van der Waals surface area contributed by atoms with Gasteiger partial charge in [0.05, 0.1) is 0 Å². The summed E-state index contributed by atoms with van der Waals surface area (Å²) in [6.07, 6.45) is 0.856. The van der Waals surface area contributed by atoms with Gasteiger partial charge in [-0.2, -0.15) is 0 Å². The highest BCUT2D eigenvalue weighted by atomic mass is 35.5. The normalized spacial score (nSPS) is 13.0. The third-order valence-electron chi connectivity index (χ3n) is 3.59. The Kier molecular flexibility index (Phi) is 7.57. The zero-order chi connectivity index (χ0) is 15.1. The van der Waals surface area contributed by atoms with Gasteiger partial charge in [-0.15, -0.1) is 12.4 Å². The van der Waals surface area contributed by atoms with Crippen LogP contribution in [-0.4, -0.2) is 17.5 Å². The molecule has 2 unspecified atom stereocenters. The highest BCUT2D eigenvalue weighted by molar-refractivity contribution is 5.85. The van der Waals surface area contributed by atoms with Gasteiger partial charge in [0, 0.05) is 11.8 Å². The molecule has 0 saturated heterocycles. The van der Waals surface area contributed by atoms with Gasteiger partial charge < -0.3 is 5.32 Å². The summed E-state index contributed by atoms with van der Waals surface area (Å²) < 4.78 is 0. The van der Waals surface area contributed by atoms with Crippen LogP contribution in [0.5, 0.6) is 0 Å². The van der Waals surface area contributed by atoms with Crippen molar-refractivity contribution in [2.45, 2.75) is 25.4 Å². The number of benzene rings is 2. The van der Waals surface area contributed by atoms with Crippen LogP contribution < -0.4 is 5.32 Å². The van der Waals surface area contributed by atoms with E-state index in [0.717, 1.165) is 12.0 Å². The summed E-state index contributed by atoms with van der Waals surface area (Å²) in [5, 5.41) is 14.4. The van der Waals surface area contributed by atoms with E-state index in [1.165, 1.54) is 5.56 Å². The monoisotopic (exact) mass is 320 g/mol. The minimum Gasteiger partial charge on any atom is -0.304 e. The van der Waals surface area contributed by atoms with E-state index in [1.54, 1.807) is 6.92 Å². The van der Waals surface area contributed by atoms with E-state index < -0.39 is 6.04 Å². The Hall–Kier alpha value is -1.91. The molecule has 2 aromatic carbocycles. The zero-order valence-corrected chi connectivity index (χ0v) is 13.3. The largest absolute Gasteiger partial charge is 0.304 e. The van der Waals surface area contributed by atoms with Gasteiger partial charge >= 0.3 is 0 Å². The van der Waals surface area contributed by atoms with E-state index in [4.69, 9.17) is 0 Å². The van der Waals surface area contributed by atoms with Crippen LogP contribution in [0.1, 0.15) is 24.1 Å². The van der Waals surface area contributed by atoms with Crippen molar-refractivity contribution in [2.75, 3.05) is 6.54 Å². The average Bonchev–Trinajstić information content (AvgIpc) is 2.53. The third kappa shape index (κ3) is 5.13. The van der Waals surface area contributed by atoms with Crippen molar-refractivity contribution in [1.29, 1.82) is 0 Å². The quantitative estimate of drug-likeness (QED) is 0.626. The maximum Gasteiger partial charge on any atom is 0.229 e. The molecule has 0 fully saturated rings. The topological polar surface area (TPSA) is 55.2 Å². The minimum atomic E-state index is -0.664. The fourth-order valence-electron chi connectivity index (χ4n) is 2.37. The van der Waals surface area contributed by atoms with Gasteiger partial charge in [0.15, 0.2) is 0 Å². The van der Waals surface area contributed by atoms with Gasteiger partial charge in [-0.1, -0.05) is 60.7 Å². The van der Waals surface area contributed by atoms with Gasteiger partial charge in [0.25, 0.3) is 0 Å². The second kappa shape index (κ2) is 9.18. The van der Waals surface area contributed by atoms with Crippen molar-refractivity contribution in [1.82, 2.24) is 5.32 Å². The molecule has 0 aliphatic carbocycles. The second-order valence-electron chi connectivity index (χ2n) is 5.10. The number of hydrogen-bond acceptors (Lipinski definition) is 3. The highest BCUT2D eigenvalue weighted by Gasteiger charge is 2.27. The predicted molar refractivity (Wildman–Crippen MR) is 91.0 cm³/mol. The van der Waals surface area contributed by atoms with Crippen molar-refractivity contribution < 1.29 is 4.92 Å². The summed E-state index contributed by atoms with van der Waals surface area (Å²) in [6.45, 7) is 2.36. The van der Waals surface area contributed by atoms with Crippen molar-refractivity contribution in [3.05, 3.63) is 81.9 Å². The molecule has 22 heavy (non-hydrogen) atoms. The summed E-state index contributed by atoms with van der Waals surface area (Å²) in [6, 6.07) is 18.8. The van der Waals surface area contributed by atoms with E-state index in [-0.39, 0.29) is 23.4 Å². The number of nitrogens with zero attached hydrogens (tertiary/aromatic N) is 1. The van der Waals surface area contributed by atoms with Crippen LogP contribution in [-0.2, 0) is 6.42 Å². The van der Waals surface area contributed by atoms with Crippen LogP contribution in [0.25, 0.3) is 0 Å². The predicted octanol–water partition coefficient (Wildman–Crippen LogP) is 3.65. The molecule has 5 heteroatoms. The summed E-state index contributed by atoms with van der Waals surface area (Å²) in [5.41, 5.74) is 2.18. The molecular formula is C17H21ClN2O2. The number of nitrogens with one attached hydrogen (secondary N) is 1. The first-order chi connectivity index (χ1) is 10.2. The fourth-order valence-corrected chi connectivity index (χ4v) is 2.37. The summed E-state index contributed by atoms with van der Waals surface area (Å²) in [5.74, 6) is 0. The van der Waals surface area contributed by atoms with Crippen molar-refractivity contribution in [3.63, 3.8) is 0 Å². The standard InChI is InChI=1S/C17H20N2O2.ClH/c1-14(19(20)21)17(16-10-6-3-7-11-16)18-13-12-15-8-4-2-5-9-15;/h2-11,14,17-18H,12-13H2,1H3;1H. The van der Waals surface area contributed by atoms with E-state index in [0.29, 0.717) is 6.54 Å². The van der Waals surface area contributed by atoms with Gasteiger partial charge in [-0.3, -0.25) is 10.1 Å². The van der Waals surface area contributed by atoms with E-state index in [1.807, 2.05) is 48.5 Å². The first-order valence-electron chi connectivity index (χ1n) is 7.14. The van der Waals surface area contributed by atoms with Crippen molar-refractivity contribution in [3.8, 4) is 0 Å². The van der Waals surface area contributed by atoms with Crippen LogP contribution in [0.3, 0.4) is 0 Å². The number of rotatable bonds is 7. The molecule has 4 nitrogen and oxygen atoms in total. The molecule has 2 rings (SSSR count). The first-order valence-corrected chi connectivity index (χ1v) is 7.14. The highest BCUT2D eigenvalue weighted by Crippen LogP contribution is 2.18. The Morgan fingerprint density at radius 2 is 1.59 bits per heavy atom. The molecule has 0 radical (unpaired) electrons. The Balaban J connectivity index is 0.00000242. The van der Waals surface area contributed by atoms with Gasteiger partial charge in [-0.05, 0) is 24.1 Å². The SMILES string of the molecule is CC(C(NCCc1ccccc1)c1ccccc1)[N+](=O)[O-].Cl. The van der Waals surface area contributed by atoms with E-state index in [9.17, 15) is 10.1 Å². The first kappa shape index (κ1) is 18.1. The maximum atomic E-state index is 11.1. The van der Waals surface area contributed by atoms with Crippen molar-refractivity contribution >= 4 is 12.4 Å². The summed E-state index contributed by atoms with van der Waals surface area (Å²) in [4.78, 5) is 10.9. The molecule has 0 aliphatic rings. The lowest BCUT2D eigenvalue weighted by Gasteiger charge is -2.20. The maximum absolute atomic E-state index is 11.1. The number of halogens is 1. The lowest BCUT2D eigenvalue weighted by atomic mass is 10.0. The van der Waals surface area contributed by atoms with Gasteiger partial charge in [-0.25, -0.2) is 0 Å². The Morgan fingerprint density at radius 1 is 1.05 bits per heavy atom. The van der Waals surface area contributed by atoms with Crippen LogP contribution in [0.15, 0.2) is 60.7 Å². The molecule has 0 saturated carbocycles. The number of nitro groups is 1. The Labute approximate surface area is 137 Å². The summed E-state index contributed by atoms with van der Waals surface area (Å²) in [7, 11) is 0. The van der Waals surface area contributed by atoms with Crippen LogP contribution in [0.2, 0.25) is 0 Å². The van der Waals surface area contributed by atoms with E-state index in [2.05, 4.69) is 17.4 Å². The van der Waals surface area contributed by atoms with Gasteiger partial charge in [0.1, 0.15) is 6.04 Å². The zero-order valence-electron chi connectivity index (χ0n) is 12.5. The Bertz CT molecular complexity index is 563. The average molecular weight is 321 g/mol. The molecule has 0 amide bonds. The molecule has 2 atom stereocenters. The third-order valence-corrected chi connectivity index (χ3v) is 3.59. The Morgan fingerprint density at radius 3 is 2.14 bits per heavy atom. The van der Waals surface area contributed by atoms with Crippen LogP contribution in [0, 0.1) is 10.1 Å². The van der Waals surface area contributed by atoms with Gasteiger partial charge in [0.2, 0.25) is 6.04 Å². The smallest absolute Gasteiger partial charge is 0.229 e.